The molecule has 0 saturated heterocycles. The Morgan fingerprint density at radius 3 is 2.31 bits per heavy atom. The van der Waals surface area contributed by atoms with Gasteiger partial charge in [-0.1, -0.05) is 60.7 Å². The van der Waals surface area contributed by atoms with Crippen molar-refractivity contribution in [1.29, 1.82) is 0 Å². The van der Waals surface area contributed by atoms with Crippen molar-refractivity contribution in [1.82, 2.24) is 10.3 Å². The van der Waals surface area contributed by atoms with Crippen LogP contribution in [0.5, 0.6) is 11.5 Å². The van der Waals surface area contributed by atoms with Crippen LogP contribution in [0.3, 0.4) is 0 Å². The second-order valence-corrected chi connectivity index (χ2v) is 7.24. The molecule has 0 bridgehead atoms. The van der Waals surface area contributed by atoms with Crippen molar-refractivity contribution in [2.45, 2.75) is 19.8 Å². The lowest BCUT2D eigenvalue weighted by Crippen LogP contribution is -2.23. The van der Waals surface area contributed by atoms with E-state index in [1.807, 2.05) is 60.7 Å². The van der Waals surface area contributed by atoms with Crippen LogP contribution in [0.2, 0.25) is 0 Å². The highest BCUT2D eigenvalue weighted by atomic mass is 16.5. The average Bonchev–Trinajstić information content (AvgIpc) is 2.85. The minimum absolute atomic E-state index is 0.162. The Balaban J connectivity index is 1.34. The third kappa shape index (κ3) is 6.03. The van der Waals surface area contributed by atoms with E-state index in [1.165, 1.54) is 0 Å². The normalized spacial score (nSPS) is 10.5. The maximum atomic E-state index is 12.7. The molecule has 1 heterocycles. The molecule has 0 aliphatic heterocycles. The number of carbonyl (C=O) groups is 1. The molecule has 5 nitrogen and oxygen atoms in total. The summed E-state index contributed by atoms with van der Waals surface area (Å²) in [6, 6.07) is 28.7. The number of aromatic nitrogens is 1. The smallest absolute Gasteiger partial charge is 0.251 e. The molecule has 1 N–H and O–H groups in total. The summed E-state index contributed by atoms with van der Waals surface area (Å²) in [5.74, 6) is 1.10. The van der Waals surface area contributed by atoms with Crippen LogP contribution < -0.4 is 10.1 Å². The molecule has 1 aromatic heterocycles. The largest absolute Gasteiger partial charge is 0.457 e. The molecule has 0 fully saturated rings. The van der Waals surface area contributed by atoms with E-state index in [1.54, 1.807) is 42.7 Å². The van der Waals surface area contributed by atoms with E-state index in [0.717, 1.165) is 16.7 Å². The molecular weight excluding hydrogens is 400 g/mol. The zero-order valence-corrected chi connectivity index (χ0v) is 17.6. The maximum Gasteiger partial charge on any atom is 0.251 e. The van der Waals surface area contributed by atoms with Crippen molar-refractivity contribution in [2.24, 2.45) is 0 Å². The molecule has 0 saturated carbocycles. The first kappa shape index (κ1) is 21.3. The highest BCUT2D eigenvalue weighted by Crippen LogP contribution is 2.21. The second-order valence-electron chi connectivity index (χ2n) is 7.24. The highest BCUT2D eigenvalue weighted by molar-refractivity contribution is 5.94. The summed E-state index contributed by atoms with van der Waals surface area (Å²) in [5, 5.41) is 2.99. The lowest BCUT2D eigenvalue weighted by molar-refractivity contribution is 0.0947. The first-order valence-electron chi connectivity index (χ1n) is 10.4. The standard InChI is InChI=1S/C27H24N2O3/c30-27(22-11-6-12-26(17-22)32-25-13-15-28-16-14-25)29-18-23-9-4-5-10-24(23)20-31-19-21-7-2-1-3-8-21/h1-17H,18-20H2,(H,29,30). The van der Waals surface area contributed by atoms with E-state index in [4.69, 9.17) is 9.47 Å². The van der Waals surface area contributed by atoms with Crippen LogP contribution >= 0.6 is 0 Å². The molecule has 0 aliphatic rings. The highest BCUT2D eigenvalue weighted by Gasteiger charge is 2.09. The van der Waals surface area contributed by atoms with E-state index in [0.29, 0.717) is 36.8 Å². The second kappa shape index (κ2) is 10.9. The summed E-state index contributed by atoms with van der Waals surface area (Å²) in [6.07, 6.45) is 3.32. The molecular formula is C27H24N2O3. The van der Waals surface area contributed by atoms with Gasteiger partial charge in [0.05, 0.1) is 13.2 Å². The van der Waals surface area contributed by atoms with Gasteiger partial charge in [0.25, 0.3) is 5.91 Å². The molecule has 32 heavy (non-hydrogen) atoms. The Kier molecular flexibility index (Phi) is 7.24. The maximum absolute atomic E-state index is 12.7. The fraction of sp³-hybridized carbons (Fsp3) is 0.111. The summed E-state index contributed by atoms with van der Waals surface area (Å²) >= 11 is 0. The van der Waals surface area contributed by atoms with Crippen LogP contribution in [0.25, 0.3) is 0 Å². The van der Waals surface area contributed by atoms with Gasteiger partial charge in [0, 0.05) is 24.5 Å². The fourth-order valence-corrected chi connectivity index (χ4v) is 3.24. The third-order valence-corrected chi connectivity index (χ3v) is 4.91. The fourth-order valence-electron chi connectivity index (χ4n) is 3.24. The van der Waals surface area contributed by atoms with Crippen LogP contribution in [0.1, 0.15) is 27.0 Å². The summed E-state index contributed by atoms with van der Waals surface area (Å²) in [7, 11) is 0. The number of pyridine rings is 1. The predicted octanol–water partition coefficient (Wildman–Crippen LogP) is 5.52. The van der Waals surface area contributed by atoms with Gasteiger partial charge in [-0.25, -0.2) is 0 Å². The molecule has 0 aliphatic carbocycles. The van der Waals surface area contributed by atoms with Crippen LogP contribution in [0, 0.1) is 0 Å². The molecule has 5 heteroatoms. The van der Waals surface area contributed by atoms with Crippen LogP contribution in [-0.4, -0.2) is 10.9 Å². The summed E-state index contributed by atoms with van der Waals surface area (Å²) in [4.78, 5) is 16.7. The molecule has 160 valence electrons. The number of nitrogens with one attached hydrogen (secondary N) is 1. The van der Waals surface area contributed by atoms with E-state index < -0.39 is 0 Å². The summed E-state index contributed by atoms with van der Waals surface area (Å²) in [5.41, 5.74) is 3.75. The molecule has 0 radical (unpaired) electrons. The zero-order valence-electron chi connectivity index (χ0n) is 17.6. The van der Waals surface area contributed by atoms with Gasteiger partial charge in [-0.15, -0.1) is 0 Å². The number of rotatable bonds is 9. The average molecular weight is 425 g/mol. The number of hydrogen-bond donors (Lipinski definition) is 1. The third-order valence-electron chi connectivity index (χ3n) is 4.91. The lowest BCUT2D eigenvalue weighted by Gasteiger charge is -2.12. The van der Waals surface area contributed by atoms with Gasteiger partial charge in [0.1, 0.15) is 11.5 Å². The number of nitrogens with zero attached hydrogens (tertiary/aromatic N) is 1. The van der Waals surface area contributed by atoms with Crippen LogP contribution in [-0.2, 0) is 24.5 Å². The van der Waals surface area contributed by atoms with E-state index in [9.17, 15) is 4.79 Å². The minimum Gasteiger partial charge on any atom is -0.457 e. The quantitative estimate of drug-likeness (QED) is 0.384. The van der Waals surface area contributed by atoms with Crippen molar-refractivity contribution >= 4 is 5.91 Å². The van der Waals surface area contributed by atoms with Crippen molar-refractivity contribution in [3.63, 3.8) is 0 Å². The first-order chi connectivity index (χ1) is 15.8. The van der Waals surface area contributed by atoms with Crippen LogP contribution in [0.4, 0.5) is 0 Å². The first-order valence-corrected chi connectivity index (χ1v) is 10.4. The van der Waals surface area contributed by atoms with Gasteiger partial charge < -0.3 is 14.8 Å². The number of amides is 1. The lowest BCUT2D eigenvalue weighted by atomic mass is 10.1. The topological polar surface area (TPSA) is 60.5 Å². The Hall–Kier alpha value is -3.96. The van der Waals surface area contributed by atoms with Gasteiger partial charge in [0.15, 0.2) is 0 Å². The van der Waals surface area contributed by atoms with Crippen molar-refractivity contribution in [3.8, 4) is 11.5 Å². The number of benzene rings is 3. The van der Waals surface area contributed by atoms with Gasteiger partial charge in [-0.05, 0) is 47.0 Å². The number of ether oxygens (including phenoxy) is 2. The molecule has 4 aromatic rings. The Morgan fingerprint density at radius 2 is 1.50 bits per heavy atom. The van der Waals surface area contributed by atoms with E-state index in [2.05, 4.69) is 10.3 Å². The summed E-state index contributed by atoms with van der Waals surface area (Å²) < 4.78 is 11.7. The van der Waals surface area contributed by atoms with Gasteiger partial charge in [0.2, 0.25) is 0 Å². The van der Waals surface area contributed by atoms with Gasteiger partial charge >= 0.3 is 0 Å². The predicted molar refractivity (Wildman–Crippen MR) is 123 cm³/mol. The molecule has 3 aromatic carbocycles. The van der Waals surface area contributed by atoms with Crippen molar-refractivity contribution in [3.05, 3.63) is 126 Å². The minimum atomic E-state index is -0.162. The van der Waals surface area contributed by atoms with E-state index >= 15 is 0 Å². The van der Waals surface area contributed by atoms with Crippen molar-refractivity contribution in [2.75, 3.05) is 0 Å². The van der Waals surface area contributed by atoms with Crippen molar-refractivity contribution < 1.29 is 14.3 Å². The molecule has 0 spiro atoms. The summed E-state index contributed by atoms with van der Waals surface area (Å²) in [6.45, 7) is 1.45. The van der Waals surface area contributed by atoms with Gasteiger partial charge in [-0.2, -0.15) is 0 Å². The monoisotopic (exact) mass is 424 g/mol. The van der Waals surface area contributed by atoms with Gasteiger partial charge in [-0.3, -0.25) is 9.78 Å². The Bertz CT molecular complexity index is 1150. The number of hydrogen-bond acceptors (Lipinski definition) is 4. The molecule has 0 atom stereocenters. The Labute approximate surface area is 187 Å². The zero-order chi connectivity index (χ0) is 22.0. The number of carbonyl (C=O) groups excluding carboxylic acids is 1. The molecule has 1 amide bonds. The SMILES string of the molecule is O=C(NCc1ccccc1COCc1ccccc1)c1cccc(Oc2ccncc2)c1. The van der Waals surface area contributed by atoms with E-state index in [-0.39, 0.29) is 5.91 Å². The molecule has 4 rings (SSSR count). The molecule has 0 unspecified atom stereocenters. The Morgan fingerprint density at radius 1 is 0.750 bits per heavy atom. The van der Waals surface area contributed by atoms with Crippen LogP contribution in [0.15, 0.2) is 103 Å².